The van der Waals surface area contributed by atoms with Crippen molar-refractivity contribution in [2.24, 2.45) is 0 Å². The first-order chi connectivity index (χ1) is 28.3. The van der Waals surface area contributed by atoms with Crippen molar-refractivity contribution in [3.8, 4) is 27.9 Å². The fourth-order valence-corrected chi connectivity index (χ4v) is 11.9. The van der Waals surface area contributed by atoms with Crippen molar-refractivity contribution < 1.29 is 4.42 Å². The van der Waals surface area contributed by atoms with Gasteiger partial charge in [-0.25, -0.2) is 0 Å². The lowest BCUT2D eigenvalue weighted by Gasteiger charge is -2.51. The molecule has 0 bridgehead atoms. The zero-order valence-corrected chi connectivity index (χ0v) is 30.6. The zero-order chi connectivity index (χ0) is 36.7. The van der Waals surface area contributed by atoms with Crippen LogP contribution in [0.4, 0.5) is 11.4 Å². The second-order valence-corrected chi connectivity index (χ2v) is 16.3. The highest BCUT2D eigenvalue weighted by molar-refractivity contribution is 6.94. The van der Waals surface area contributed by atoms with E-state index in [1.54, 1.807) is 0 Å². The van der Waals surface area contributed by atoms with Crippen molar-refractivity contribution in [2.45, 2.75) is 5.41 Å². The summed E-state index contributed by atoms with van der Waals surface area (Å²) in [6.07, 6.45) is 0. The van der Waals surface area contributed by atoms with Gasteiger partial charge in [0.2, 0.25) is 0 Å². The molecule has 5 heterocycles. The Morgan fingerprint density at radius 1 is 0.456 bits per heavy atom. The van der Waals surface area contributed by atoms with Crippen LogP contribution in [0.3, 0.4) is 0 Å². The van der Waals surface area contributed by atoms with Gasteiger partial charge in [0.15, 0.2) is 5.58 Å². The van der Waals surface area contributed by atoms with Crippen LogP contribution in [-0.4, -0.2) is 11.4 Å². The SMILES string of the molecule is c1ccc2c(c1)-c1ccccc1C21c2ccccc2N2B3c4c(cc5c(oc6ccccc65)c4-n4c5cc6ccccc6cc5c5cccc3c54)-c3cccc1c32. The number of anilines is 2. The predicted molar refractivity (Wildman–Crippen MR) is 235 cm³/mol. The Bertz CT molecular complexity index is 3640. The van der Waals surface area contributed by atoms with E-state index >= 15 is 0 Å². The minimum absolute atomic E-state index is 0.0958. The average molecular weight is 721 g/mol. The molecule has 0 fully saturated rings. The first-order valence-corrected chi connectivity index (χ1v) is 20.0. The van der Waals surface area contributed by atoms with Crippen molar-refractivity contribution in [3.05, 3.63) is 198 Å². The number of nitrogens with zero attached hydrogens (tertiary/aromatic N) is 2. The maximum absolute atomic E-state index is 7.05. The Balaban J connectivity index is 1.18. The standard InChI is InChI=1S/C53H29BN2O/c1-2-14-31-28-46-37(27-30(31)13-1)35-19-12-24-44-50(35)55(46)51-48-38(29-39-34-17-5-10-26-47(34)57-52(39)51)36-18-11-23-43-49(36)56(54(44)48)45-25-9-8-22-42(45)53(43)40-20-6-3-15-32(40)33-16-4-7-21-41(33)53/h1-29H. The molecule has 2 aromatic heterocycles. The van der Waals surface area contributed by atoms with Crippen molar-refractivity contribution in [1.29, 1.82) is 0 Å². The van der Waals surface area contributed by atoms with Crippen molar-refractivity contribution in [1.82, 2.24) is 4.57 Å². The van der Waals surface area contributed by atoms with Crippen LogP contribution in [0.25, 0.3) is 82.5 Å². The molecule has 0 amide bonds. The van der Waals surface area contributed by atoms with Crippen LogP contribution < -0.4 is 15.7 Å². The van der Waals surface area contributed by atoms with Gasteiger partial charge in [-0.3, -0.25) is 0 Å². The number of aromatic nitrogens is 1. The minimum atomic E-state index is -0.478. The third-order valence-electron chi connectivity index (χ3n) is 13.9. The van der Waals surface area contributed by atoms with Crippen molar-refractivity contribution in [3.63, 3.8) is 0 Å². The molecule has 0 saturated heterocycles. The highest BCUT2D eigenvalue weighted by atomic mass is 16.3. The van der Waals surface area contributed by atoms with E-state index in [1.807, 2.05) is 0 Å². The fraction of sp³-hybridized carbons (Fsp3) is 0.0189. The lowest BCUT2D eigenvalue weighted by molar-refractivity contribution is 0.667. The normalized spacial score (nSPS) is 14.7. The van der Waals surface area contributed by atoms with Crippen LogP contribution >= 0.6 is 0 Å². The molecule has 1 aliphatic carbocycles. The largest absolute Gasteiger partial charge is 0.454 e. The lowest BCUT2D eigenvalue weighted by atomic mass is 9.42. The van der Waals surface area contributed by atoms with E-state index in [9.17, 15) is 0 Å². The Kier molecular flexibility index (Phi) is 4.96. The zero-order valence-electron chi connectivity index (χ0n) is 30.6. The lowest BCUT2D eigenvalue weighted by Crippen LogP contribution is -2.62. The summed E-state index contributed by atoms with van der Waals surface area (Å²) < 4.78 is 9.61. The van der Waals surface area contributed by atoms with E-state index in [-0.39, 0.29) is 6.85 Å². The molecular formula is C53H29BN2O. The highest BCUT2D eigenvalue weighted by Gasteiger charge is 2.56. The molecule has 57 heavy (non-hydrogen) atoms. The van der Waals surface area contributed by atoms with Crippen LogP contribution in [0.1, 0.15) is 22.3 Å². The Hall–Kier alpha value is -7.30. The number of furan rings is 1. The summed E-state index contributed by atoms with van der Waals surface area (Å²) in [4.78, 5) is 2.71. The van der Waals surface area contributed by atoms with Gasteiger partial charge in [0, 0.05) is 38.5 Å². The van der Waals surface area contributed by atoms with E-state index in [4.69, 9.17) is 4.42 Å². The molecule has 4 aliphatic rings. The summed E-state index contributed by atoms with van der Waals surface area (Å²) >= 11 is 0. The topological polar surface area (TPSA) is 21.3 Å². The smallest absolute Gasteiger partial charge is 0.333 e. The molecule has 9 aromatic carbocycles. The van der Waals surface area contributed by atoms with E-state index in [0.717, 1.165) is 27.6 Å². The summed E-state index contributed by atoms with van der Waals surface area (Å²) in [5, 5.41) is 7.33. The van der Waals surface area contributed by atoms with E-state index in [2.05, 4.69) is 185 Å². The predicted octanol–water partition coefficient (Wildman–Crippen LogP) is 11.8. The Labute approximate surface area is 327 Å². The summed E-state index contributed by atoms with van der Waals surface area (Å²) in [6.45, 7) is -0.0958. The highest BCUT2D eigenvalue weighted by Crippen LogP contribution is 2.64. The van der Waals surface area contributed by atoms with Crippen LogP contribution in [0.5, 0.6) is 0 Å². The van der Waals surface area contributed by atoms with Crippen LogP contribution in [0.15, 0.2) is 180 Å². The number of para-hydroxylation sites is 4. The molecule has 3 aliphatic heterocycles. The molecular weight excluding hydrogens is 691 g/mol. The summed E-state index contributed by atoms with van der Waals surface area (Å²) in [5.41, 5.74) is 20.7. The van der Waals surface area contributed by atoms with Gasteiger partial charge >= 0.3 is 6.85 Å². The molecule has 260 valence electrons. The molecule has 4 heteroatoms. The van der Waals surface area contributed by atoms with Crippen LogP contribution in [-0.2, 0) is 5.41 Å². The second-order valence-electron chi connectivity index (χ2n) is 16.3. The van der Waals surface area contributed by atoms with Gasteiger partial charge in [-0.2, -0.15) is 0 Å². The summed E-state index contributed by atoms with van der Waals surface area (Å²) in [6, 6.07) is 66.1. The number of hydrogen-bond donors (Lipinski definition) is 0. The van der Waals surface area contributed by atoms with Gasteiger partial charge in [-0.05, 0) is 91.0 Å². The van der Waals surface area contributed by atoms with Crippen LogP contribution in [0, 0.1) is 0 Å². The molecule has 0 saturated carbocycles. The quantitative estimate of drug-likeness (QED) is 0.146. The maximum atomic E-state index is 7.05. The average Bonchev–Trinajstić information content (AvgIpc) is 3.90. The van der Waals surface area contributed by atoms with Crippen LogP contribution in [0.2, 0.25) is 0 Å². The molecule has 3 nitrogen and oxygen atoms in total. The summed E-state index contributed by atoms with van der Waals surface area (Å²) in [5.74, 6) is 0. The molecule has 0 atom stereocenters. The van der Waals surface area contributed by atoms with E-state index < -0.39 is 5.41 Å². The van der Waals surface area contributed by atoms with Gasteiger partial charge in [0.1, 0.15) is 5.58 Å². The molecule has 1 spiro atoms. The van der Waals surface area contributed by atoms with Gasteiger partial charge in [-0.1, -0.05) is 146 Å². The molecule has 15 rings (SSSR count). The number of fused-ring (bicyclic) bond motifs is 21. The number of hydrogen-bond acceptors (Lipinski definition) is 2. The van der Waals surface area contributed by atoms with E-state index in [0.29, 0.717) is 0 Å². The van der Waals surface area contributed by atoms with Gasteiger partial charge in [0.05, 0.1) is 22.1 Å². The summed E-state index contributed by atoms with van der Waals surface area (Å²) in [7, 11) is 0. The molecule has 0 unspecified atom stereocenters. The number of rotatable bonds is 0. The van der Waals surface area contributed by atoms with E-state index in [1.165, 1.54) is 99.4 Å². The second kappa shape index (κ2) is 9.73. The maximum Gasteiger partial charge on any atom is 0.333 e. The minimum Gasteiger partial charge on any atom is -0.454 e. The van der Waals surface area contributed by atoms with Gasteiger partial charge in [-0.15, -0.1) is 0 Å². The monoisotopic (exact) mass is 720 g/mol. The van der Waals surface area contributed by atoms with Gasteiger partial charge < -0.3 is 13.8 Å². The number of benzene rings is 9. The fourth-order valence-electron chi connectivity index (χ4n) is 11.9. The first-order valence-electron chi connectivity index (χ1n) is 20.0. The first kappa shape index (κ1) is 29.1. The third-order valence-corrected chi connectivity index (χ3v) is 13.9. The van der Waals surface area contributed by atoms with Gasteiger partial charge in [0.25, 0.3) is 0 Å². The van der Waals surface area contributed by atoms with Crippen molar-refractivity contribution in [2.75, 3.05) is 4.81 Å². The van der Waals surface area contributed by atoms with Crippen molar-refractivity contribution >= 4 is 83.7 Å². The molecule has 0 radical (unpaired) electrons. The molecule has 0 N–H and O–H groups in total. The molecule has 11 aromatic rings. The Morgan fingerprint density at radius 3 is 1.95 bits per heavy atom. The Morgan fingerprint density at radius 2 is 1.11 bits per heavy atom. The third kappa shape index (κ3) is 3.15.